The minimum absolute atomic E-state index is 0.264. The number of nitrogens with two attached hydrogens (primary N) is 2. The summed E-state index contributed by atoms with van der Waals surface area (Å²) in [6, 6.07) is 7.64. The molecule has 0 saturated carbocycles. The molecule has 0 aliphatic heterocycles. The van der Waals surface area contributed by atoms with Crippen molar-refractivity contribution in [3.8, 4) is 0 Å². The van der Waals surface area contributed by atoms with Crippen molar-refractivity contribution in [2.75, 3.05) is 6.54 Å². The number of primary amides is 1. The average molecular weight is 178 g/mol. The van der Waals surface area contributed by atoms with Crippen LogP contribution in [0.1, 0.15) is 17.0 Å². The summed E-state index contributed by atoms with van der Waals surface area (Å²) < 4.78 is 0. The zero-order valence-corrected chi connectivity index (χ0v) is 7.66. The summed E-state index contributed by atoms with van der Waals surface area (Å²) in [6.07, 6.45) is 0. The number of rotatable bonds is 3. The summed E-state index contributed by atoms with van der Waals surface area (Å²) in [5, 5.41) is 0. The number of amides is 1. The van der Waals surface area contributed by atoms with Crippen molar-refractivity contribution in [2.45, 2.75) is 12.8 Å². The van der Waals surface area contributed by atoms with E-state index in [1.165, 1.54) is 0 Å². The molecule has 1 unspecified atom stereocenters. The predicted molar refractivity (Wildman–Crippen MR) is 52.2 cm³/mol. The molecule has 1 aromatic carbocycles. The lowest BCUT2D eigenvalue weighted by Gasteiger charge is -2.13. The summed E-state index contributed by atoms with van der Waals surface area (Å²) in [5.41, 5.74) is 12.7. The summed E-state index contributed by atoms with van der Waals surface area (Å²) in [5.74, 6) is -0.724. The molecule has 1 amide bonds. The van der Waals surface area contributed by atoms with Gasteiger partial charge in [0.1, 0.15) is 0 Å². The van der Waals surface area contributed by atoms with E-state index in [4.69, 9.17) is 11.5 Å². The third-order valence-electron chi connectivity index (χ3n) is 2.14. The van der Waals surface area contributed by atoms with Gasteiger partial charge in [0.2, 0.25) is 5.91 Å². The van der Waals surface area contributed by atoms with Gasteiger partial charge >= 0.3 is 0 Å². The van der Waals surface area contributed by atoms with Gasteiger partial charge in [-0.25, -0.2) is 0 Å². The second kappa shape index (κ2) is 4.05. The van der Waals surface area contributed by atoms with Gasteiger partial charge in [0.15, 0.2) is 0 Å². The lowest BCUT2D eigenvalue weighted by Crippen LogP contribution is -2.28. The highest BCUT2D eigenvalue weighted by atomic mass is 16.1. The Hall–Kier alpha value is -1.35. The van der Waals surface area contributed by atoms with Crippen molar-refractivity contribution >= 4 is 5.91 Å². The van der Waals surface area contributed by atoms with Crippen molar-refractivity contribution in [2.24, 2.45) is 11.5 Å². The molecule has 3 heteroatoms. The zero-order chi connectivity index (χ0) is 9.84. The van der Waals surface area contributed by atoms with Gasteiger partial charge in [-0.15, -0.1) is 0 Å². The fourth-order valence-corrected chi connectivity index (χ4v) is 1.37. The van der Waals surface area contributed by atoms with Gasteiger partial charge in [-0.05, 0) is 18.1 Å². The molecule has 13 heavy (non-hydrogen) atoms. The molecule has 1 atom stereocenters. The van der Waals surface area contributed by atoms with E-state index < -0.39 is 0 Å². The van der Waals surface area contributed by atoms with Crippen LogP contribution in [0.25, 0.3) is 0 Å². The molecule has 0 spiro atoms. The fraction of sp³-hybridized carbons (Fsp3) is 0.300. The molecule has 0 radical (unpaired) electrons. The van der Waals surface area contributed by atoms with E-state index in [1.54, 1.807) is 0 Å². The lowest BCUT2D eigenvalue weighted by atomic mass is 9.94. The third kappa shape index (κ3) is 2.06. The Kier molecular flexibility index (Phi) is 3.03. The number of carbonyl (C=O) groups is 1. The van der Waals surface area contributed by atoms with Crippen LogP contribution in [0, 0.1) is 6.92 Å². The van der Waals surface area contributed by atoms with E-state index in [9.17, 15) is 4.79 Å². The summed E-state index contributed by atoms with van der Waals surface area (Å²) in [7, 11) is 0. The van der Waals surface area contributed by atoms with Crippen LogP contribution < -0.4 is 11.5 Å². The first kappa shape index (κ1) is 9.74. The van der Waals surface area contributed by atoms with E-state index in [0.717, 1.165) is 11.1 Å². The molecule has 0 heterocycles. The van der Waals surface area contributed by atoms with Crippen LogP contribution in [0.2, 0.25) is 0 Å². The predicted octanol–water partition coefficient (Wildman–Crippen LogP) is 0.523. The molecular weight excluding hydrogens is 164 g/mol. The number of carbonyl (C=O) groups excluding carboxylic acids is 1. The van der Waals surface area contributed by atoms with Gasteiger partial charge in [0, 0.05) is 6.54 Å². The minimum Gasteiger partial charge on any atom is -0.369 e. The van der Waals surface area contributed by atoms with Crippen LogP contribution in [0.3, 0.4) is 0 Å². The van der Waals surface area contributed by atoms with Crippen molar-refractivity contribution in [3.05, 3.63) is 35.4 Å². The summed E-state index contributed by atoms with van der Waals surface area (Å²) in [6.45, 7) is 2.21. The number of aryl methyl sites for hydroxylation is 1. The van der Waals surface area contributed by atoms with Crippen LogP contribution >= 0.6 is 0 Å². The average Bonchev–Trinajstić information content (AvgIpc) is 2.09. The van der Waals surface area contributed by atoms with Crippen LogP contribution in [0.4, 0.5) is 0 Å². The SMILES string of the molecule is Cc1ccccc1C(CN)C(N)=O. The Labute approximate surface area is 77.7 Å². The molecule has 3 nitrogen and oxygen atoms in total. The maximum Gasteiger partial charge on any atom is 0.226 e. The van der Waals surface area contributed by atoms with E-state index in [2.05, 4.69) is 0 Å². The summed E-state index contributed by atoms with van der Waals surface area (Å²) in [4.78, 5) is 11.0. The van der Waals surface area contributed by atoms with Gasteiger partial charge in [-0.2, -0.15) is 0 Å². The van der Waals surface area contributed by atoms with Crippen molar-refractivity contribution in [3.63, 3.8) is 0 Å². The highest BCUT2D eigenvalue weighted by molar-refractivity contribution is 5.82. The standard InChI is InChI=1S/C10H14N2O/c1-7-4-2-3-5-8(7)9(6-11)10(12)13/h2-5,9H,6,11H2,1H3,(H2,12,13). The second-order valence-corrected chi connectivity index (χ2v) is 3.05. The summed E-state index contributed by atoms with van der Waals surface area (Å²) >= 11 is 0. The molecule has 4 N–H and O–H groups in total. The smallest absolute Gasteiger partial charge is 0.226 e. The first-order chi connectivity index (χ1) is 6.16. The van der Waals surface area contributed by atoms with Gasteiger partial charge in [0.05, 0.1) is 5.92 Å². The Bertz CT molecular complexity index is 310. The van der Waals surface area contributed by atoms with Crippen LogP contribution in [-0.4, -0.2) is 12.5 Å². The van der Waals surface area contributed by atoms with Crippen molar-refractivity contribution in [1.29, 1.82) is 0 Å². The van der Waals surface area contributed by atoms with E-state index in [1.807, 2.05) is 31.2 Å². The topological polar surface area (TPSA) is 69.1 Å². The first-order valence-corrected chi connectivity index (χ1v) is 4.21. The molecule has 0 saturated heterocycles. The maximum atomic E-state index is 11.0. The van der Waals surface area contributed by atoms with Crippen molar-refractivity contribution in [1.82, 2.24) is 0 Å². The fourth-order valence-electron chi connectivity index (χ4n) is 1.37. The number of benzene rings is 1. The molecule has 70 valence electrons. The van der Waals surface area contributed by atoms with Crippen LogP contribution in [0.5, 0.6) is 0 Å². The number of hydrogen-bond acceptors (Lipinski definition) is 2. The van der Waals surface area contributed by atoms with Crippen molar-refractivity contribution < 1.29 is 4.79 Å². The molecule has 0 aliphatic rings. The molecule has 0 aliphatic carbocycles. The maximum absolute atomic E-state index is 11.0. The molecule has 1 rings (SSSR count). The van der Waals surface area contributed by atoms with E-state index in [-0.39, 0.29) is 18.4 Å². The van der Waals surface area contributed by atoms with Gasteiger partial charge < -0.3 is 11.5 Å². The van der Waals surface area contributed by atoms with E-state index in [0.29, 0.717) is 0 Å². The highest BCUT2D eigenvalue weighted by Gasteiger charge is 2.16. The van der Waals surface area contributed by atoms with Gasteiger partial charge in [0.25, 0.3) is 0 Å². The Morgan fingerprint density at radius 3 is 2.54 bits per heavy atom. The quantitative estimate of drug-likeness (QED) is 0.708. The molecule has 0 aromatic heterocycles. The van der Waals surface area contributed by atoms with Gasteiger partial charge in [-0.1, -0.05) is 24.3 Å². The zero-order valence-electron chi connectivity index (χ0n) is 7.66. The normalized spacial score (nSPS) is 12.5. The van der Waals surface area contributed by atoms with Crippen LogP contribution in [-0.2, 0) is 4.79 Å². The lowest BCUT2D eigenvalue weighted by molar-refractivity contribution is -0.119. The Balaban J connectivity index is 3.04. The number of hydrogen-bond donors (Lipinski definition) is 2. The second-order valence-electron chi connectivity index (χ2n) is 3.05. The Morgan fingerprint density at radius 2 is 2.08 bits per heavy atom. The highest BCUT2D eigenvalue weighted by Crippen LogP contribution is 2.17. The molecular formula is C10H14N2O. The van der Waals surface area contributed by atoms with Gasteiger partial charge in [-0.3, -0.25) is 4.79 Å². The Morgan fingerprint density at radius 1 is 1.46 bits per heavy atom. The third-order valence-corrected chi connectivity index (χ3v) is 2.14. The first-order valence-electron chi connectivity index (χ1n) is 4.21. The monoisotopic (exact) mass is 178 g/mol. The minimum atomic E-state index is -0.364. The van der Waals surface area contributed by atoms with Crippen LogP contribution in [0.15, 0.2) is 24.3 Å². The molecule has 1 aromatic rings. The van der Waals surface area contributed by atoms with E-state index >= 15 is 0 Å². The largest absolute Gasteiger partial charge is 0.369 e. The molecule has 0 fully saturated rings. The molecule has 0 bridgehead atoms.